The number of carbonyl (C=O) groups is 2. The lowest BCUT2D eigenvalue weighted by atomic mass is 9.71. The number of hydrogen-bond donors (Lipinski definition) is 3. The van der Waals surface area contributed by atoms with Gasteiger partial charge in [-0.1, -0.05) is 86.9 Å². The van der Waals surface area contributed by atoms with Crippen LogP contribution < -0.4 is 5.32 Å². The normalized spacial score (nSPS) is 19.6. The minimum Gasteiger partial charge on any atom is -0.480 e. The molecule has 2 unspecified atom stereocenters. The van der Waals surface area contributed by atoms with Gasteiger partial charge < -0.3 is 15.5 Å². The monoisotopic (exact) mass is 740 g/mol. The zero-order valence-electron chi connectivity index (χ0n) is 30.4. The van der Waals surface area contributed by atoms with Gasteiger partial charge in [0.05, 0.1) is 18.5 Å². The lowest BCUT2D eigenvalue weighted by Gasteiger charge is -2.35. The van der Waals surface area contributed by atoms with E-state index in [1.54, 1.807) is 24.3 Å². The summed E-state index contributed by atoms with van der Waals surface area (Å²) in [6.07, 6.45) is 10.4. The summed E-state index contributed by atoms with van der Waals surface area (Å²) >= 11 is 0. The molecule has 0 spiro atoms. The van der Waals surface area contributed by atoms with Crippen LogP contribution in [0.15, 0.2) is 91.3 Å². The van der Waals surface area contributed by atoms with Crippen LogP contribution in [0, 0.1) is 17.8 Å². The van der Waals surface area contributed by atoms with E-state index < -0.39 is 36.4 Å². The van der Waals surface area contributed by atoms with Gasteiger partial charge in [0.1, 0.15) is 6.23 Å². The van der Waals surface area contributed by atoms with Gasteiger partial charge in [0, 0.05) is 35.8 Å². The van der Waals surface area contributed by atoms with Crippen molar-refractivity contribution in [2.24, 2.45) is 17.8 Å². The molecule has 0 aliphatic heterocycles. The van der Waals surface area contributed by atoms with Crippen LogP contribution in [-0.2, 0) is 28.7 Å². The number of aliphatic carboxylic acids is 1. The Balaban J connectivity index is 1.03. The van der Waals surface area contributed by atoms with Gasteiger partial charge in [-0.05, 0) is 90.3 Å². The van der Waals surface area contributed by atoms with Gasteiger partial charge in [0.25, 0.3) is 0 Å². The molecule has 4 aromatic rings. The second-order valence-electron chi connectivity index (χ2n) is 14.7. The summed E-state index contributed by atoms with van der Waals surface area (Å²) in [6.45, 7) is 2.02. The van der Waals surface area contributed by atoms with E-state index in [4.69, 9.17) is 0 Å². The van der Waals surface area contributed by atoms with Crippen LogP contribution in [0.4, 0.5) is 18.9 Å². The van der Waals surface area contributed by atoms with Crippen LogP contribution in [0.3, 0.4) is 0 Å². The van der Waals surface area contributed by atoms with E-state index in [2.05, 4.69) is 28.3 Å². The maximum Gasteiger partial charge on any atom is 0.416 e. The molecule has 1 saturated carbocycles. The molecule has 0 saturated heterocycles. The number of aromatic nitrogens is 2. The number of hydrogen-bond acceptors (Lipinski definition) is 6. The Kier molecular flexibility index (Phi) is 12.6. The minimum atomic E-state index is -4.51. The highest BCUT2D eigenvalue weighted by Crippen LogP contribution is 2.42. The number of carboxylic acids is 1. The SMILES string of the molecule is CC[C@H]1CC[C@H](C2CC=C(c3cnc(-c4ccc(CN(CC(=O)O)C(O)c5ccc(NC(=O)Cc6cccc(C(F)(F)F)c6)cc5)cc4)nc3)CC2)CC1. The molecule has 1 heterocycles. The lowest BCUT2D eigenvalue weighted by Crippen LogP contribution is -2.33. The Labute approximate surface area is 314 Å². The minimum absolute atomic E-state index is 0.137. The van der Waals surface area contributed by atoms with Crippen LogP contribution in [0.25, 0.3) is 17.0 Å². The van der Waals surface area contributed by atoms with Crippen LogP contribution in [0.5, 0.6) is 0 Å². The van der Waals surface area contributed by atoms with Crippen molar-refractivity contribution in [1.82, 2.24) is 14.9 Å². The smallest absolute Gasteiger partial charge is 0.416 e. The first kappa shape index (κ1) is 38.8. The first-order valence-corrected chi connectivity index (χ1v) is 18.8. The molecule has 2 atom stereocenters. The number of rotatable bonds is 13. The van der Waals surface area contributed by atoms with E-state index in [0.29, 0.717) is 17.1 Å². The number of carboxylic acid groups (broad SMARTS) is 1. The van der Waals surface area contributed by atoms with Gasteiger partial charge in [0.15, 0.2) is 5.82 Å². The molecule has 0 radical (unpaired) electrons. The van der Waals surface area contributed by atoms with Crippen LogP contribution in [0.1, 0.15) is 92.3 Å². The van der Waals surface area contributed by atoms with Crippen molar-refractivity contribution in [2.75, 3.05) is 11.9 Å². The predicted molar refractivity (Wildman–Crippen MR) is 202 cm³/mol. The van der Waals surface area contributed by atoms with E-state index in [-0.39, 0.29) is 18.5 Å². The maximum atomic E-state index is 13.0. The van der Waals surface area contributed by atoms with Gasteiger partial charge in [-0.3, -0.25) is 14.5 Å². The number of alkyl halides is 3. The summed E-state index contributed by atoms with van der Waals surface area (Å²) in [6, 6.07) is 18.3. The standard InChI is InChI=1S/C43H47F3N4O4/c1-2-28-6-10-31(11-7-28)32-14-16-33(17-15-32)36-24-47-41(48-25-36)34-12-8-29(9-13-34)26-50(27-40(52)53)42(54)35-18-20-38(21-19-35)49-39(51)23-30-4-3-5-37(22-30)43(44,45)46/h3-5,8-9,12-13,16,18-22,24-25,28,31-32,42,54H,2,6-7,10-11,14-15,17,23,26-27H2,1H3,(H,49,51)(H,52,53)/t28-,31-,32?,42?. The van der Waals surface area contributed by atoms with Gasteiger partial charge in [0.2, 0.25) is 5.91 Å². The van der Waals surface area contributed by atoms with E-state index in [9.17, 15) is 33.0 Å². The Bertz CT molecular complexity index is 1910. The number of amides is 1. The quantitative estimate of drug-likeness (QED) is 0.117. The van der Waals surface area contributed by atoms with E-state index in [0.717, 1.165) is 59.4 Å². The molecular formula is C43H47F3N4O4. The topological polar surface area (TPSA) is 116 Å². The van der Waals surface area contributed by atoms with Crippen molar-refractivity contribution in [1.29, 1.82) is 0 Å². The zero-order valence-corrected chi connectivity index (χ0v) is 30.4. The van der Waals surface area contributed by atoms with Gasteiger partial charge >= 0.3 is 12.1 Å². The molecule has 2 aliphatic rings. The molecule has 0 bridgehead atoms. The van der Waals surface area contributed by atoms with E-state index in [1.807, 2.05) is 36.7 Å². The van der Waals surface area contributed by atoms with Gasteiger partial charge in [-0.2, -0.15) is 13.2 Å². The third kappa shape index (κ3) is 10.2. The third-order valence-electron chi connectivity index (χ3n) is 11.0. The summed E-state index contributed by atoms with van der Waals surface area (Å²) in [5.74, 6) is 1.54. The Hall–Kier alpha value is -4.87. The number of allylic oxidation sites excluding steroid dienone is 2. The van der Waals surface area contributed by atoms with E-state index >= 15 is 0 Å². The average molecular weight is 741 g/mol. The predicted octanol–water partition coefficient (Wildman–Crippen LogP) is 9.32. The molecule has 8 nitrogen and oxygen atoms in total. The van der Waals surface area contributed by atoms with Crippen LogP contribution in [-0.4, -0.2) is 43.5 Å². The largest absolute Gasteiger partial charge is 0.480 e. The van der Waals surface area contributed by atoms with Crippen LogP contribution >= 0.6 is 0 Å². The van der Waals surface area contributed by atoms with Crippen molar-refractivity contribution in [3.05, 3.63) is 119 Å². The fourth-order valence-electron chi connectivity index (χ4n) is 7.85. The number of halogens is 3. The fraction of sp³-hybridized carbons (Fsp3) is 0.395. The summed E-state index contributed by atoms with van der Waals surface area (Å²) in [7, 11) is 0. The molecule has 3 aromatic carbocycles. The summed E-state index contributed by atoms with van der Waals surface area (Å²) in [5, 5.41) is 23.4. The number of benzene rings is 3. The molecular weight excluding hydrogens is 693 g/mol. The van der Waals surface area contributed by atoms with Crippen LogP contribution in [0.2, 0.25) is 0 Å². The number of aliphatic hydroxyl groups is 1. The Morgan fingerprint density at radius 1 is 0.889 bits per heavy atom. The van der Waals surface area contributed by atoms with Gasteiger partial charge in [-0.25, -0.2) is 9.97 Å². The average Bonchev–Trinajstić information content (AvgIpc) is 3.18. The highest BCUT2D eigenvalue weighted by molar-refractivity contribution is 5.92. The molecule has 3 N–H and O–H groups in total. The second kappa shape index (κ2) is 17.5. The lowest BCUT2D eigenvalue weighted by molar-refractivity contribution is -0.142. The number of aliphatic hydroxyl groups excluding tert-OH is 1. The summed E-state index contributed by atoms with van der Waals surface area (Å²) < 4.78 is 39.1. The van der Waals surface area contributed by atoms with Crippen molar-refractivity contribution in [3.8, 4) is 11.4 Å². The first-order valence-electron chi connectivity index (χ1n) is 18.8. The Morgan fingerprint density at radius 2 is 1.59 bits per heavy atom. The zero-order chi connectivity index (χ0) is 38.2. The third-order valence-corrected chi connectivity index (χ3v) is 11.0. The highest BCUT2D eigenvalue weighted by Gasteiger charge is 2.31. The summed E-state index contributed by atoms with van der Waals surface area (Å²) in [5.41, 5.74) is 4.15. The fourth-order valence-corrected chi connectivity index (χ4v) is 7.85. The molecule has 2 aliphatic carbocycles. The second-order valence-corrected chi connectivity index (χ2v) is 14.7. The Morgan fingerprint density at radius 3 is 2.20 bits per heavy atom. The maximum absolute atomic E-state index is 13.0. The highest BCUT2D eigenvalue weighted by atomic mass is 19.4. The number of anilines is 1. The molecule has 54 heavy (non-hydrogen) atoms. The molecule has 1 fully saturated rings. The molecule has 11 heteroatoms. The summed E-state index contributed by atoms with van der Waals surface area (Å²) in [4.78, 5) is 35.0. The number of carbonyl (C=O) groups excluding carboxylic acids is 1. The number of nitrogens with zero attached hydrogens (tertiary/aromatic N) is 3. The molecule has 6 rings (SSSR count). The molecule has 1 aromatic heterocycles. The molecule has 284 valence electrons. The molecule has 1 amide bonds. The van der Waals surface area contributed by atoms with E-state index in [1.165, 1.54) is 61.1 Å². The first-order chi connectivity index (χ1) is 25.9. The van der Waals surface area contributed by atoms with Crippen molar-refractivity contribution in [3.63, 3.8) is 0 Å². The van der Waals surface area contributed by atoms with Crippen molar-refractivity contribution in [2.45, 2.75) is 83.7 Å². The van der Waals surface area contributed by atoms with Crippen molar-refractivity contribution >= 4 is 23.1 Å². The van der Waals surface area contributed by atoms with Crippen molar-refractivity contribution < 1.29 is 33.0 Å². The van der Waals surface area contributed by atoms with Gasteiger partial charge in [-0.15, -0.1) is 0 Å². The number of nitrogens with one attached hydrogen (secondary N) is 1.